The van der Waals surface area contributed by atoms with Gasteiger partial charge in [-0.1, -0.05) is 18.2 Å². The Morgan fingerprint density at radius 1 is 1.24 bits per heavy atom. The van der Waals surface area contributed by atoms with Gasteiger partial charge in [0.1, 0.15) is 5.82 Å². The Balaban J connectivity index is 2.36. The van der Waals surface area contributed by atoms with Crippen LogP contribution in [0, 0.1) is 5.82 Å². The summed E-state index contributed by atoms with van der Waals surface area (Å²) in [5.41, 5.74) is 5.84. The van der Waals surface area contributed by atoms with E-state index in [-0.39, 0.29) is 12.2 Å². The Bertz CT molecular complexity index is 354. The molecule has 0 fully saturated rings. The minimum atomic E-state index is -4.25. The molecule has 0 radical (unpaired) electrons. The maximum absolute atomic E-state index is 13.2. The largest absolute Gasteiger partial charge is 0.391 e. The summed E-state index contributed by atoms with van der Waals surface area (Å²) in [7, 11) is 0. The molecule has 0 saturated heterocycles. The van der Waals surface area contributed by atoms with Gasteiger partial charge in [0.05, 0.1) is 25.7 Å². The van der Waals surface area contributed by atoms with Gasteiger partial charge in [-0.05, 0) is 6.07 Å². The summed E-state index contributed by atoms with van der Waals surface area (Å²) in [5.74, 6) is -0.487. The van der Waals surface area contributed by atoms with Crippen LogP contribution in [0.5, 0.6) is 0 Å². The first kappa shape index (κ1) is 13.9. The van der Waals surface area contributed by atoms with Gasteiger partial charge in [0, 0.05) is 5.56 Å². The number of rotatable bonds is 5. The van der Waals surface area contributed by atoms with Gasteiger partial charge in [0.15, 0.2) is 0 Å². The standard InChI is InChI=1S/C11H13F4NO/c12-9-4-2-1-3-8(9)10(16)7-17-6-5-11(13,14)15/h1-4,10H,5-7,16H2. The minimum Gasteiger partial charge on any atom is -0.379 e. The molecule has 6 heteroatoms. The monoisotopic (exact) mass is 251 g/mol. The van der Waals surface area contributed by atoms with Crippen molar-refractivity contribution >= 4 is 0 Å². The van der Waals surface area contributed by atoms with Crippen LogP contribution in [0.1, 0.15) is 18.0 Å². The van der Waals surface area contributed by atoms with E-state index < -0.39 is 31.1 Å². The number of benzene rings is 1. The Kier molecular flexibility index (Phi) is 4.89. The van der Waals surface area contributed by atoms with Crippen LogP contribution in [0.3, 0.4) is 0 Å². The molecule has 0 saturated carbocycles. The van der Waals surface area contributed by atoms with Crippen LogP contribution >= 0.6 is 0 Å². The van der Waals surface area contributed by atoms with Gasteiger partial charge >= 0.3 is 6.18 Å². The van der Waals surface area contributed by atoms with Crippen molar-refractivity contribution in [2.45, 2.75) is 18.6 Å². The molecule has 17 heavy (non-hydrogen) atoms. The summed E-state index contributed by atoms with van der Waals surface area (Å²) in [6.07, 6.45) is -5.28. The molecule has 1 aromatic rings. The second-order valence-electron chi connectivity index (χ2n) is 3.57. The zero-order valence-electron chi connectivity index (χ0n) is 9.01. The Labute approximate surface area is 96.4 Å². The Hall–Kier alpha value is -1.14. The van der Waals surface area contributed by atoms with Crippen LogP contribution in [0.25, 0.3) is 0 Å². The molecule has 0 aliphatic rings. The van der Waals surface area contributed by atoms with E-state index in [2.05, 4.69) is 0 Å². The fraction of sp³-hybridized carbons (Fsp3) is 0.455. The van der Waals surface area contributed by atoms with Crippen molar-refractivity contribution in [1.82, 2.24) is 0 Å². The third-order valence-electron chi connectivity index (χ3n) is 2.13. The van der Waals surface area contributed by atoms with Gasteiger partial charge in [-0.3, -0.25) is 0 Å². The van der Waals surface area contributed by atoms with Crippen LogP contribution < -0.4 is 5.73 Å². The van der Waals surface area contributed by atoms with Gasteiger partial charge < -0.3 is 10.5 Å². The van der Waals surface area contributed by atoms with E-state index in [1.807, 2.05) is 0 Å². The first-order valence-corrected chi connectivity index (χ1v) is 5.04. The predicted octanol–water partition coefficient (Wildman–Crippen LogP) is 2.79. The molecule has 96 valence electrons. The molecule has 0 heterocycles. The third-order valence-corrected chi connectivity index (χ3v) is 2.13. The maximum Gasteiger partial charge on any atom is 0.391 e. The quantitative estimate of drug-likeness (QED) is 0.645. The molecule has 0 amide bonds. The summed E-state index contributed by atoms with van der Waals surface area (Å²) in [5, 5.41) is 0. The summed E-state index contributed by atoms with van der Waals surface area (Å²) in [4.78, 5) is 0. The lowest BCUT2D eigenvalue weighted by atomic mass is 10.1. The van der Waals surface area contributed by atoms with Crippen molar-refractivity contribution < 1.29 is 22.3 Å². The average molecular weight is 251 g/mol. The SMILES string of the molecule is NC(COCCC(F)(F)F)c1ccccc1F. The lowest BCUT2D eigenvalue weighted by molar-refractivity contribution is -0.145. The third kappa shape index (κ3) is 5.14. The number of nitrogens with two attached hydrogens (primary N) is 1. The van der Waals surface area contributed by atoms with Crippen molar-refractivity contribution in [1.29, 1.82) is 0 Å². The van der Waals surface area contributed by atoms with Gasteiger partial charge in [-0.2, -0.15) is 13.2 Å². The second-order valence-corrected chi connectivity index (χ2v) is 3.57. The van der Waals surface area contributed by atoms with Gasteiger partial charge in [-0.15, -0.1) is 0 Å². The smallest absolute Gasteiger partial charge is 0.379 e. The highest BCUT2D eigenvalue weighted by molar-refractivity contribution is 5.20. The normalized spacial score (nSPS) is 13.7. The molecular weight excluding hydrogens is 238 g/mol. The summed E-state index contributed by atoms with van der Waals surface area (Å²) < 4.78 is 53.4. The first-order chi connectivity index (χ1) is 7.90. The molecule has 2 N–H and O–H groups in total. The summed E-state index contributed by atoms with van der Waals surface area (Å²) in [6, 6.07) is 5.08. The molecule has 2 nitrogen and oxygen atoms in total. The summed E-state index contributed by atoms with van der Waals surface area (Å²) in [6.45, 7) is -0.608. The number of ether oxygens (including phenoxy) is 1. The van der Waals surface area contributed by atoms with Gasteiger partial charge in [0.2, 0.25) is 0 Å². The fourth-order valence-corrected chi connectivity index (χ4v) is 1.26. The fourth-order valence-electron chi connectivity index (χ4n) is 1.26. The number of alkyl halides is 3. The van der Waals surface area contributed by atoms with Crippen LogP contribution in [0.15, 0.2) is 24.3 Å². The molecule has 0 bridgehead atoms. The van der Waals surface area contributed by atoms with Gasteiger partial charge in [-0.25, -0.2) is 4.39 Å². The van der Waals surface area contributed by atoms with Gasteiger partial charge in [0.25, 0.3) is 0 Å². The van der Waals surface area contributed by atoms with E-state index in [1.54, 1.807) is 6.07 Å². The van der Waals surface area contributed by atoms with Crippen molar-refractivity contribution in [3.05, 3.63) is 35.6 Å². The lowest BCUT2D eigenvalue weighted by Crippen LogP contribution is -2.20. The first-order valence-electron chi connectivity index (χ1n) is 5.04. The predicted molar refractivity (Wildman–Crippen MR) is 54.8 cm³/mol. The molecule has 1 atom stereocenters. The molecule has 0 aliphatic carbocycles. The molecular formula is C11H13F4NO. The minimum absolute atomic E-state index is 0.142. The molecule has 0 spiro atoms. The van der Waals surface area contributed by atoms with Crippen molar-refractivity contribution in [2.24, 2.45) is 5.73 Å². The molecule has 0 aromatic heterocycles. The summed E-state index contributed by atoms with van der Waals surface area (Å²) >= 11 is 0. The highest BCUT2D eigenvalue weighted by Gasteiger charge is 2.26. The van der Waals surface area contributed by atoms with E-state index in [0.717, 1.165) is 0 Å². The highest BCUT2D eigenvalue weighted by Crippen LogP contribution is 2.20. The zero-order chi connectivity index (χ0) is 12.9. The van der Waals surface area contributed by atoms with Crippen molar-refractivity contribution in [3.63, 3.8) is 0 Å². The van der Waals surface area contributed by atoms with E-state index in [4.69, 9.17) is 10.5 Å². The van der Waals surface area contributed by atoms with E-state index >= 15 is 0 Å². The molecule has 1 unspecified atom stereocenters. The molecule has 0 aliphatic heterocycles. The average Bonchev–Trinajstić information content (AvgIpc) is 2.23. The van der Waals surface area contributed by atoms with Crippen LogP contribution in [-0.4, -0.2) is 19.4 Å². The number of hydrogen-bond donors (Lipinski definition) is 1. The van der Waals surface area contributed by atoms with Crippen LogP contribution in [0.4, 0.5) is 17.6 Å². The topological polar surface area (TPSA) is 35.2 Å². The van der Waals surface area contributed by atoms with E-state index in [0.29, 0.717) is 0 Å². The molecule has 1 aromatic carbocycles. The zero-order valence-corrected chi connectivity index (χ0v) is 9.01. The van der Waals surface area contributed by atoms with Crippen molar-refractivity contribution in [3.8, 4) is 0 Å². The van der Waals surface area contributed by atoms with Crippen LogP contribution in [0.2, 0.25) is 0 Å². The Morgan fingerprint density at radius 3 is 2.47 bits per heavy atom. The van der Waals surface area contributed by atoms with E-state index in [1.165, 1.54) is 18.2 Å². The number of halogens is 4. The van der Waals surface area contributed by atoms with E-state index in [9.17, 15) is 17.6 Å². The second kappa shape index (κ2) is 5.97. The lowest BCUT2D eigenvalue weighted by Gasteiger charge is -2.13. The Morgan fingerprint density at radius 2 is 1.88 bits per heavy atom. The molecule has 1 rings (SSSR count). The van der Waals surface area contributed by atoms with Crippen molar-refractivity contribution in [2.75, 3.05) is 13.2 Å². The van der Waals surface area contributed by atoms with Crippen LogP contribution in [-0.2, 0) is 4.74 Å². The highest BCUT2D eigenvalue weighted by atomic mass is 19.4. The maximum atomic E-state index is 13.2. The number of hydrogen-bond acceptors (Lipinski definition) is 2.